The molecule has 190 valence electrons. The number of hydrogen-bond acceptors (Lipinski definition) is 9. The number of rotatable bonds is 4. The molecule has 0 N–H and O–H groups in total. The summed E-state index contributed by atoms with van der Waals surface area (Å²) in [6.07, 6.45) is 1.87. The van der Waals surface area contributed by atoms with Gasteiger partial charge in [0, 0.05) is 44.5 Å². The van der Waals surface area contributed by atoms with Crippen molar-refractivity contribution in [1.29, 1.82) is 0 Å². The first-order valence-electron chi connectivity index (χ1n) is 11.4. The largest absolute Gasteiger partial charge is 0.481 e. The zero-order chi connectivity index (χ0) is 25.3. The first-order chi connectivity index (χ1) is 17.3. The second-order valence-corrected chi connectivity index (χ2v) is 8.55. The Kier molecular flexibility index (Phi) is 6.48. The minimum absolute atomic E-state index is 0.00396. The van der Waals surface area contributed by atoms with Gasteiger partial charge in [-0.2, -0.15) is 13.2 Å². The number of likely N-dealkylation sites (tertiary alicyclic amines) is 1. The number of ether oxygens (including phenoxy) is 2. The maximum absolute atomic E-state index is 13.5. The summed E-state index contributed by atoms with van der Waals surface area (Å²) >= 11 is 0. The number of methoxy groups -OCH3 is 1. The predicted octanol–water partition coefficient (Wildman–Crippen LogP) is 2.20. The van der Waals surface area contributed by atoms with Crippen molar-refractivity contribution < 1.29 is 27.4 Å². The highest BCUT2D eigenvalue weighted by atomic mass is 19.4. The topological polar surface area (TPSA) is 96.3 Å². The quantitative estimate of drug-likeness (QED) is 0.627. The van der Waals surface area contributed by atoms with Gasteiger partial charge in [0.2, 0.25) is 11.8 Å². The number of fused-ring (bicyclic) bond motifs is 1. The molecule has 0 saturated carbocycles. The number of carbonyl (C=O) groups excluding carboxylic acids is 1. The molecular formula is C23H24F3N7O3. The summed E-state index contributed by atoms with van der Waals surface area (Å²) in [5, 5.41) is 3.18. The van der Waals surface area contributed by atoms with Crippen molar-refractivity contribution in [3.05, 3.63) is 59.4 Å². The van der Waals surface area contributed by atoms with E-state index >= 15 is 0 Å². The van der Waals surface area contributed by atoms with Crippen molar-refractivity contribution in [3.8, 4) is 5.88 Å². The molecule has 1 amide bonds. The summed E-state index contributed by atoms with van der Waals surface area (Å²) in [6.45, 7) is 1.65. The van der Waals surface area contributed by atoms with Crippen LogP contribution in [0.5, 0.6) is 5.88 Å². The fourth-order valence-electron chi connectivity index (χ4n) is 4.47. The van der Waals surface area contributed by atoms with Gasteiger partial charge < -0.3 is 14.4 Å². The monoisotopic (exact) mass is 503 g/mol. The SMILES string of the molecule is COC1=NCN(N2CCc3ncnc(OC4CCN(C(=O)c5cccnc5)C4)c3C2)C=C1C(F)(F)F. The van der Waals surface area contributed by atoms with Gasteiger partial charge in [-0.3, -0.25) is 14.8 Å². The molecule has 5 rings (SSSR count). The average Bonchev–Trinajstić information content (AvgIpc) is 3.36. The molecule has 10 nitrogen and oxygen atoms in total. The van der Waals surface area contributed by atoms with E-state index in [1.807, 2.05) is 0 Å². The smallest absolute Gasteiger partial charge is 0.423 e. The van der Waals surface area contributed by atoms with Crippen LogP contribution in [0.15, 0.2) is 47.6 Å². The van der Waals surface area contributed by atoms with Crippen LogP contribution in [-0.2, 0) is 17.7 Å². The number of nitrogens with zero attached hydrogens (tertiary/aromatic N) is 7. The third kappa shape index (κ3) is 4.83. The summed E-state index contributed by atoms with van der Waals surface area (Å²) in [4.78, 5) is 31.0. The summed E-state index contributed by atoms with van der Waals surface area (Å²) < 4.78 is 51.5. The Morgan fingerprint density at radius 1 is 1.22 bits per heavy atom. The van der Waals surface area contributed by atoms with Crippen LogP contribution in [0.2, 0.25) is 0 Å². The van der Waals surface area contributed by atoms with E-state index in [1.54, 1.807) is 28.2 Å². The number of aromatic nitrogens is 3. The van der Waals surface area contributed by atoms with Crippen LogP contribution >= 0.6 is 0 Å². The molecule has 1 unspecified atom stereocenters. The molecule has 1 saturated heterocycles. The van der Waals surface area contributed by atoms with Crippen molar-refractivity contribution >= 4 is 11.8 Å². The molecule has 0 radical (unpaired) electrons. The van der Waals surface area contributed by atoms with E-state index in [9.17, 15) is 18.0 Å². The Labute approximate surface area is 205 Å². The van der Waals surface area contributed by atoms with Crippen molar-refractivity contribution in [3.63, 3.8) is 0 Å². The molecule has 0 bridgehead atoms. The van der Waals surface area contributed by atoms with E-state index in [1.165, 1.54) is 24.6 Å². The van der Waals surface area contributed by atoms with Crippen molar-refractivity contribution in [2.45, 2.75) is 31.7 Å². The van der Waals surface area contributed by atoms with Gasteiger partial charge in [0.15, 0.2) is 0 Å². The average molecular weight is 503 g/mol. The summed E-state index contributed by atoms with van der Waals surface area (Å²) in [7, 11) is 1.17. The lowest BCUT2D eigenvalue weighted by Crippen LogP contribution is -2.45. The minimum Gasteiger partial charge on any atom is -0.481 e. The number of hydrogen-bond donors (Lipinski definition) is 0. The van der Waals surface area contributed by atoms with Crippen LogP contribution in [0.25, 0.3) is 0 Å². The summed E-state index contributed by atoms with van der Waals surface area (Å²) in [6, 6.07) is 3.44. The van der Waals surface area contributed by atoms with Crippen LogP contribution < -0.4 is 4.74 Å². The van der Waals surface area contributed by atoms with Crippen molar-refractivity contribution in [2.24, 2.45) is 4.99 Å². The Morgan fingerprint density at radius 2 is 2.08 bits per heavy atom. The maximum Gasteiger partial charge on any atom is 0.423 e. The number of hydrazine groups is 1. The second-order valence-electron chi connectivity index (χ2n) is 8.55. The molecule has 5 heterocycles. The number of alkyl halides is 3. The van der Waals surface area contributed by atoms with Crippen LogP contribution in [0.3, 0.4) is 0 Å². The third-order valence-corrected chi connectivity index (χ3v) is 6.29. The molecule has 0 aliphatic carbocycles. The van der Waals surface area contributed by atoms with Crippen LogP contribution in [0.1, 0.15) is 28.0 Å². The molecule has 1 atom stereocenters. The number of pyridine rings is 1. The first-order valence-corrected chi connectivity index (χ1v) is 11.4. The normalized spacial score (nSPS) is 20.5. The molecular weight excluding hydrogens is 479 g/mol. The van der Waals surface area contributed by atoms with E-state index in [2.05, 4.69) is 19.9 Å². The van der Waals surface area contributed by atoms with E-state index < -0.39 is 17.6 Å². The third-order valence-electron chi connectivity index (χ3n) is 6.29. The van der Waals surface area contributed by atoms with E-state index in [4.69, 9.17) is 9.47 Å². The lowest BCUT2D eigenvalue weighted by molar-refractivity contribution is -0.0927. The molecule has 2 aromatic heterocycles. The van der Waals surface area contributed by atoms with Gasteiger partial charge in [0.25, 0.3) is 5.91 Å². The highest BCUT2D eigenvalue weighted by molar-refractivity contribution is 5.95. The summed E-state index contributed by atoms with van der Waals surface area (Å²) in [5.41, 5.74) is 1.08. The zero-order valence-electron chi connectivity index (χ0n) is 19.5. The second kappa shape index (κ2) is 9.72. The lowest BCUT2D eigenvalue weighted by Gasteiger charge is -2.38. The van der Waals surface area contributed by atoms with E-state index in [0.29, 0.717) is 49.5 Å². The standard InChI is InChI=1S/C23H24F3N7O3/c1-35-21-18(23(24,25)26)12-33(14-30-21)32-8-5-19-17(11-32)20(29-13-28-19)36-16-4-7-31(10-16)22(34)15-3-2-6-27-9-15/h2-3,6,9,12-13,16H,4-5,7-8,10-11,14H2,1H3. The Morgan fingerprint density at radius 3 is 2.83 bits per heavy atom. The van der Waals surface area contributed by atoms with Crippen molar-refractivity contribution in [2.75, 3.05) is 33.4 Å². The van der Waals surface area contributed by atoms with Crippen LogP contribution in [0.4, 0.5) is 13.2 Å². The summed E-state index contributed by atoms with van der Waals surface area (Å²) in [5.74, 6) is -0.169. The molecule has 3 aliphatic heterocycles. The van der Waals surface area contributed by atoms with Gasteiger partial charge in [0.05, 0.1) is 37.0 Å². The van der Waals surface area contributed by atoms with E-state index in [0.717, 1.165) is 11.9 Å². The van der Waals surface area contributed by atoms with Crippen LogP contribution in [-0.4, -0.2) is 87.4 Å². The molecule has 0 aromatic carbocycles. The lowest BCUT2D eigenvalue weighted by atomic mass is 10.1. The molecule has 0 spiro atoms. The Bertz CT molecular complexity index is 1190. The minimum atomic E-state index is -4.60. The number of aliphatic imine (C=N–C) groups is 1. The predicted molar refractivity (Wildman–Crippen MR) is 121 cm³/mol. The molecule has 2 aromatic rings. The molecule has 36 heavy (non-hydrogen) atoms. The van der Waals surface area contributed by atoms with Gasteiger partial charge in [-0.1, -0.05) is 0 Å². The zero-order valence-corrected chi connectivity index (χ0v) is 19.5. The highest BCUT2D eigenvalue weighted by Gasteiger charge is 2.41. The molecule has 13 heteroatoms. The Hall–Kier alpha value is -3.74. The van der Waals surface area contributed by atoms with Gasteiger partial charge >= 0.3 is 6.18 Å². The van der Waals surface area contributed by atoms with Gasteiger partial charge in [-0.05, 0) is 12.1 Å². The van der Waals surface area contributed by atoms with E-state index in [-0.39, 0.29) is 25.2 Å². The van der Waals surface area contributed by atoms with Gasteiger partial charge in [0.1, 0.15) is 24.7 Å². The fraction of sp³-hybridized carbons (Fsp3) is 0.435. The highest BCUT2D eigenvalue weighted by Crippen LogP contribution is 2.32. The Balaban J connectivity index is 1.29. The van der Waals surface area contributed by atoms with Crippen molar-refractivity contribution in [1.82, 2.24) is 29.9 Å². The number of amides is 1. The molecule has 1 fully saturated rings. The number of carbonyl (C=O) groups is 1. The number of halogens is 3. The van der Waals surface area contributed by atoms with Gasteiger partial charge in [-0.15, -0.1) is 0 Å². The van der Waals surface area contributed by atoms with Gasteiger partial charge in [-0.25, -0.2) is 20.0 Å². The first kappa shape index (κ1) is 24.0. The van der Waals surface area contributed by atoms with Crippen LogP contribution in [0, 0.1) is 0 Å². The fourth-order valence-corrected chi connectivity index (χ4v) is 4.47. The molecule has 3 aliphatic rings. The maximum atomic E-state index is 13.5.